The van der Waals surface area contributed by atoms with Crippen molar-refractivity contribution in [3.63, 3.8) is 0 Å². The fraction of sp³-hybridized carbons (Fsp3) is 0.522. The predicted molar refractivity (Wildman–Crippen MR) is 133 cm³/mol. The van der Waals surface area contributed by atoms with Gasteiger partial charge in [0, 0.05) is 25.3 Å². The van der Waals surface area contributed by atoms with Crippen molar-refractivity contribution in [3.8, 4) is 5.75 Å². The van der Waals surface area contributed by atoms with Crippen LogP contribution in [-0.2, 0) is 30.4 Å². The summed E-state index contributed by atoms with van der Waals surface area (Å²) in [6.07, 6.45) is 0.848. The zero-order chi connectivity index (χ0) is 27.9. The van der Waals surface area contributed by atoms with Crippen LogP contribution in [0.2, 0.25) is 0 Å². The van der Waals surface area contributed by atoms with Gasteiger partial charge in [-0.3, -0.25) is 29.0 Å². The molecule has 0 saturated heterocycles. The summed E-state index contributed by atoms with van der Waals surface area (Å²) in [4.78, 5) is 55.0. The molecule has 13 heteroatoms. The Morgan fingerprint density at radius 3 is 2.08 bits per heavy atom. The number of carbonyl (C=O) groups excluding carboxylic acids is 3. The molecule has 0 aliphatic rings. The van der Waals surface area contributed by atoms with Gasteiger partial charge in [-0.2, -0.15) is 0 Å². The number of rotatable bonds is 11. The lowest BCUT2D eigenvalue weighted by molar-refractivity contribution is -0.134. The van der Waals surface area contributed by atoms with E-state index in [-0.39, 0.29) is 30.5 Å². The number of carboxylic acid groups (broad SMARTS) is 1. The highest BCUT2D eigenvalue weighted by Gasteiger charge is 2.29. The molecule has 0 spiro atoms. The number of nitrogens with two attached hydrogens (primary N) is 2. The quantitative estimate of drug-likeness (QED) is 0.0903. The van der Waals surface area contributed by atoms with Gasteiger partial charge in [-0.1, -0.05) is 32.9 Å². The molecule has 0 radical (unpaired) electrons. The van der Waals surface area contributed by atoms with Gasteiger partial charge >= 0.3 is 0 Å². The second kappa shape index (κ2) is 15.9. The first-order valence-corrected chi connectivity index (χ1v) is 11.1. The van der Waals surface area contributed by atoms with E-state index in [9.17, 15) is 19.5 Å². The first-order valence-electron chi connectivity index (χ1n) is 11.1. The van der Waals surface area contributed by atoms with Crippen LogP contribution in [0.3, 0.4) is 0 Å². The molecule has 0 heterocycles. The van der Waals surface area contributed by atoms with E-state index < -0.39 is 35.3 Å². The van der Waals surface area contributed by atoms with E-state index >= 15 is 0 Å². The minimum absolute atomic E-state index is 0.0855. The third kappa shape index (κ3) is 14.4. The third-order valence-corrected chi connectivity index (χ3v) is 4.48. The van der Waals surface area contributed by atoms with E-state index in [0.717, 1.165) is 6.92 Å². The molecule has 1 aromatic rings. The standard InChI is InChI=1S/C21H34N6O5.C2H4O2/c1-21(2,3)19(31)26-15(6-5-11-24-20(23)27-32-4)18(30)25-16(17(22)29)12-13-7-9-14(28)10-8-13;1-2(3)4/h7-10,15-16,28H,5-6,11-12H2,1-4H3,(H2,22,29)(H,25,30)(H,26,31)(H3,23,24,27);1H3,(H,3,4). The summed E-state index contributed by atoms with van der Waals surface area (Å²) in [5.74, 6) is -2.21. The van der Waals surface area contributed by atoms with Crippen molar-refractivity contribution in [3.05, 3.63) is 29.8 Å². The average molecular weight is 511 g/mol. The van der Waals surface area contributed by atoms with Crippen molar-refractivity contribution in [1.82, 2.24) is 16.1 Å². The van der Waals surface area contributed by atoms with Gasteiger partial charge in [0.1, 0.15) is 17.8 Å². The molecule has 0 fully saturated rings. The van der Waals surface area contributed by atoms with Crippen molar-refractivity contribution in [1.29, 1.82) is 0 Å². The molecule has 1 rings (SSSR count). The summed E-state index contributed by atoms with van der Waals surface area (Å²) in [7, 11) is 1.40. The number of carbonyl (C=O) groups is 4. The summed E-state index contributed by atoms with van der Waals surface area (Å²) < 4.78 is 0. The van der Waals surface area contributed by atoms with Crippen LogP contribution >= 0.6 is 0 Å². The molecule has 3 amide bonds. The van der Waals surface area contributed by atoms with Crippen LogP contribution in [0.4, 0.5) is 0 Å². The van der Waals surface area contributed by atoms with Crippen LogP contribution in [0.1, 0.15) is 46.1 Å². The van der Waals surface area contributed by atoms with Crippen LogP contribution in [0, 0.1) is 5.41 Å². The Morgan fingerprint density at radius 2 is 1.61 bits per heavy atom. The number of nitrogens with one attached hydrogen (secondary N) is 3. The molecule has 1 aromatic carbocycles. The van der Waals surface area contributed by atoms with E-state index in [1.165, 1.54) is 19.2 Å². The van der Waals surface area contributed by atoms with E-state index in [1.807, 2.05) is 0 Å². The number of hydrogen-bond donors (Lipinski definition) is 7. The number of primary amides is 1. The van der Waals surface area contributed by atoms with Crippen molar-refractivity contribution < 1.29 is 34.2 Å². The van der Waals surface area contributed by atoms with E-state index in [2.05, 4.69) is 25.9 Å². The zero-order valence-electron chi connectivity index (χ0n) is 21.3. The van der Waals surface area contributed by atoms with Crippen LogP contribution in [0.25, 0.3) is 0 Å². The Labute approximate surface area is 210 Å². The normalized spacial score (nSPS) is 12.9. The van der Waals surface area contributed by atoms with Gasteiger partial charge in [-0.25, -0.2) is 5.48 Å². The van der Waals surface area contributed by atoms with Gasteiger partial charge in [0.05, 0.1) is 7.11 Å². The smallest absolute Gasteiger partial charge is 0.300 e. The second-order valence-electron chi connectivity index (χ2n) is 8.84. The SMILES string of the molecule is CC(=O)O.CONC(N)=NCCCC(NC(=O)C(C)(C)C)C(=O)NC(Cc1ccc(O)cc1)C(N)=O. The molecular weight excluding hydrogens is 472 g/mol. The third-order valence-electron chi connectivity index (χ3n) is 4.48. The zero-order valence-corrected chi connectivity index (χ0v) is 21.3. The Balaban J connectivity index is 0.00000283. The number of benzene rings is 1. The van der Waals surface area contributed by atoms with Crippen LogP contribution < -0.4 is 27.6 Å². The van der Waals surface area contributed by atoms with Crippen molar-refractivity contribution >= 4 is 29.7 Å². The Morgan fingerprint density at radius 1 is 1.06 bits per heavy atom. The number of hydrogen-bond acceptors (Lipinski definition) is 7. The first-order chi connectivity index (χ1) is 16.7. The monoisotopic (exact) mass is 510 g/mol. The van der Waals surface area contributed by atoms with Gasteiger partial charge in [0.15, 0.2) is 0 Å². The number of phenolic OH excluding ortho intramolecular Hbond substituents is 1. The van der Waals surface area contributed by atoms with Gasteiger partial charge in [-0.15, -0.1) is 0 Å². The molecule has 36 heavy (non-hydrogen) atoms. The van der Waals surface area contributed by atoms with Gasteiger partial charge in [0.25, 0.3) is 5.97 Å². The molecule has 0 bridgehead atoms. The topological polar surface area (TPSA) is 218 Å². The number of amides is 3. The first kappa shape index (κ1) is 32.1. The minimum Gasteiger partial charge on any atom is -0.508 e. The molecule has 0 aliphatic carbocycles. The maximum Gasteiger partial charge on any atom is 0.300 e. The number of guanidine groups is 1. The van der Waals surface area contributed by atoms with Crippen LogP contribution in [0.15, 0.2) is 29.3 Å². The number of aromatic hydroxyl groups is 1. The molecule has 0 aliphatic heterocycles. The molecule has 2 unspecified atom stereocenters. The number of hydroxylamine groups is 1. The van der Waals surface area contributed by atoms with Crippen molar-refractivity contribution in [2.75, 3.05) is 13.7 Å². The highest BCUT2D eigenvalue weighted by molar-refractivity contribution is 5.92. The molecule has 13 nitrogen and oxygen atoms in total. The molecule has 0 saturated carbocycles. The number of phenols is 1. The molecule has 202 valence electrons. The lowest BCUT2D eigenvalue weighted by Gasteiger charge is -2.25. The number of nitrogens with zero attached hydrogens (tertiary/aromatic N) is 1. The Kier molecular flexibility index (Phi) is 14.2. The summed E-state index contributed by atoms with van der Waals surface area (Å²) in [6.45, 7) is 6.57. The maximum absolute atomic E-state index is 12.9. The van der Waals surface area contributed by atoms with Crippen LogP contribution in [-0.4, -0.2) is 65.6 Å². The Hall–Kier alpha value is -3.87. The average Bonchev–Trinajstić information content (AvgIpc) is 2.75. The van der Waals surface area contributed by atoms with E-state index in [4.69, 9.17) is 21.4 Å². The largest absolute Gasteiger partial charge is 0.508 e. The summed E-state index contributed by atoms with van der Waals surface area (Å²) in [6, 6.07) is 4.34. The van der Waals surface area contributed by atoms with Gasteiger partial charge in [0.2, 0.25) is 23.7 Å². The van der Waals surface area contributed by atoms with Gasteiger partial charge in [-0.05, 0) is 30.5 Å². The van der Waals surface area contributed by atoms with E-state index in [1.54, 1.807) is 32.9 Å². The maximum atomic E-state index is 12.9. The Bertz CT molecular complexity index is 893. The highest BCUT2D eigenvalue weighted by Crippen LogP contribution is 2.15. The molecular formula is C23H38N6O7. The predicted octanol–water partition coefficient (Wildman–Crippen LogP) is -0.227. The summed E-state index contributed by atoms with van der Waals surface area (Å²) in [5.41, 5.74) is 13.4. The highest BCUT2D eigenvalue weighted by atomic mass is 16.6. The lowest BCUT2D eigenvalue weighted by Crippen LogP contribution is -2.55. The fourth-order valence-electron chi connectivity index (χ4n) is 2.64. The molecule has 9 N–H and O–H groups in total. The molecule has 0 aromatic heterocycles. The number of aliphatic imine (C=N–C) groups is 1. The van der Waals surface area contributed by atoms with Crippen LogP contribution in [0.5, 0.6) is 5.75 Å². The van der Waals surface area contributed by atoms with E-state index in [0.29, 0.717) is 18.5 Å². The van der Waals surface area contributed by atoms with Gasteiger partial charge < -0.3 is 32.3 Å². The minimum atomic E-state index is -0.986. The fourth-order valence-corrected chi connectivity index (χ4v) is 2.64. The number of carboxylic acids is 1. The number of aliphatic carboxylic acids is 1. The van der Waals surface area contributed by atoms with Crippen molar-refractivity contribution in [2.45, 2.75) is 59.0 Å². The molecule has 2 atom stereocenters. The summed E-state index contributed by atoms with van der Waals surface area (Å²) in [5, 5.41) is 22.2. The van der Waals surface area contributed by atoms with Crippen molar-refractivity contribution in [2.24, 2.45) is 21.9 Å². The lowest BCUT2D eigenvalue weighted by atomic mass is 9.94. The second-order valence-corrected chi connectivity index (χ2v) is 8.84. The summed E-state index contributed by atoms with van der Waals surface area (Å²) >= 11 is 0.